The number of unbranched alkanes of at least 4 members (excludes halogenated alkanes) is 7. The fourth-order valence-corrected chi connectivity index (χ4v) is 1.21. The van der Waals surface area contributed by atoms with Crippen LogP contribution in [-0.2, 0) is 4.79 Å². The average molecular weight is 256 g/mol. The standard InChI is InChI=1S/C10H22.C2HF3O2/c1-3-5-7-9-10-8-6-4-2;3-2(4,5)1(6)7/h3-10H2,1-2H3;(H,6,7). The van der Waals surface area contributed by atoms with E-state index < -0.39 is 12.1 Å². The first-order valence-electron chi connectivity index (χ1n) is 6.16. The van der Waals surface area contributed by atoms with Crippen molar-refractivity contribution in [1.29, 1.82) is 0 Å². The van der Waals surface area contributed by atoms with E-state index in [1.807, 2.05) is 0 Å². The summed E-state index contributed by atoms with van der Waals surface area (Å²) in [6, 6.07) is 0. The Kier molecular flexibility index (Phi) is 12.9. The topological polar surface area (TPSA) is 37.3 Å². The SMILES string of the molecule is CCCCCCCCCC.O=C(O)C(F)(F)F. The zero-order valence-electron chi connectivity index (χ0n) is 10.6. The average Bonchev–Trinajstić information content (AvgIpc) is 2.23. The van der Waals surface area contributed by atoms with Crippen molar-refractivity contribution in [2.75, 3.05) is 0 Å². The van der Waals surface area contributed by atoms with Crippen molar-refractivity contribution < 1.29 is 23.1 Å². The molecule has 0 saturated heterocycles. The maximum Gasteiger partial charge on any atom is 0.490 e. The van der Waals surface area contributed by atoms with Crippen molar-refractivity contribution in [3.63, 3.8) is 0 Å². The third-order valence-electron chi connectivity index (χ3n) is 2.20. The lowest BCUT2D eigenvalue weighted by atomic mass is 10.1. The quantitative estimate of drug-likeness (QED) is 0.665. The lowest BCUT2D eigenvalue weighted by Crippen LogP contribution is -2.21. The van der Waals surface area contributed by atoms with Gasteiger partial charge in [0.1, 0.15) is 0 Å². The smallest absolute Gasteiger partial charge is 0.475 e. The Morgan fingerprint density at radius 3 is 1.29 bits per heavy atom. The van der Waals surface area contributed by atoms with E-state index in [9.17, 15) is 13.2 Å². The van der Waals surface area contributed by atoms with E-state index in [1.54, 1.807) is 0 Å². The molecule has 0 fully saturated rings. The molecule has 0 spiro atoms. The van der Waals surface area contributed by atoms with Crippen molar-refractivity contribution in [2.24, 2.45) is 0 Å². The van der Waals surface area contributed by atoms with Crippen molar-refractivity contribution in [3.05, 3.63) is 0 Å². The van der Waals surface area contributed by atoms with E-state index in [-0.39, 0.29) is 0 Å². The van der Waals surface area contributed by atoms with Gasteiger partial charge in [0.2, 0.25) is 0 Å². The summed E-state index contributed by atoms with van der Waals surface area (Å²) < 4.78 is 31.7. The highest BCUT2D eigenvalue weighted by molar-refractivity contribution is 5.73. The summed E-state index contributed by atoms with van der Waals surface area (Å²) in [5.74, 6) is -2.76. The summed E-state index contributed by atoms with van der Waals surface area (Å²) in [4.78, 5) is 8.90. The Hall–Kier alpha value is -0.740. The molecule has 0 aromatic carbocycles. The van der Waals surface area contributed by atoms with Crippen LogP contribution in [0.3, 0.4) is 0 Å². The van der Waals surface area contributed by atoms with Crippen LogP contribution in [0.4, 0.5) is 13.2 Å². The summed E-state index contributed by atoms with van der Waals surface area (Å²) in [6.07, 6.45) is 6.38. The molecule has 0 aliphatic carbocycles. The Morgan fingerprint density at radius 1 is 0.882 bits per heavy atom. The number of carbonyl (C=O) groups is 1. The molecule has 0 unspecified atom stereocenters. The maximum atomic E-state index is 10.6. The predicted molar refractivity (Wildman–Crippen MR) is 62.0 cm³/mol. The van der Waals surface area contributed by atoms with Gasteiger partial charge in [-0.05, 0) is 0 Å². The highest BCUT2D eigenvalue weighted by Gasteiger charge is 2.38. The van der Waals surface area contributed by atoms with Gasteiger partial charge in [0, 0.05) is 0 Å². The summed E-state index contributed by atoms with van der Waals surface area (Å²) >= 11 is 0. The van der Waals surface area contributed by atoms with Crippen LogP contribution in [0.25, 0.3) is 0 Å². The van der Waals surface area contributed by atoms with Crippen LogP contribution in [0.2, 0.25) is 0 Å². The second-order valence-electron chi connectivity index (χ2n) is 3.92. The van der Waals surface area contributed by atoms with Gasteiger partial charge in [-0.2, -0.15) is 13.2 Å². The van der Waals surface area contributed by atoms with Crippen molar-refractivity contribution in [1.82, 2.24) is 0 Å². The van der Waals surface area contributed by atoms with E-state index in [1.165, 1.54) is 51.4 Å². The molecule has 0 heterocycles. The minimum absolute atomic E-state index is 1.37. The third kappa shape index (κ3) is 17.9. The van der Waals surface area contributed by atoms with E-state index in [0.717, 1.165) is 0 Å². The van der Waals surface area contributed by atoms with Gasteiger partial charge in [-0.3, -0.25) is 0 Å². The zero-order chi connectivity index (χ0) is 13.7. The number of carboxylic acids is 1. The van der Waals surface area contributed by atoms with Crippen LogP contribution in [0.1, 0.15) is 65.2 Å². The van der Waals surface area contributed by atoms with Gasteiger partial charge in [-0.15, -0.1) is 0 Å². The molecule has 0 aliphatic heterocycles. The lowest BCUT2D eigenvalue weighted by molar-refractivity contribution is -0.192. The molecule has 17 heavy (non-hydrogen) atoms. The van der Waals surface area contributed by atoms with E-state index in [4.69, 9.17) is 9.90 Å². The summed E-state index contributed by atoms with van der Waals surface area (Å²) in [6.45, 7) is 4.54. The fraction of sp³-hybridized carbons (Fsp3) is 0.917. The summed E-state index contributed by atoms with van der Waals surface area (Å²) in [5.41, 5.74) is 0. The first-order valence-corrected chi connectivity index (χ1v) is 6.16. The number of halogens is 3. The Morgan fingerprint density at radius 2 is 1.12 bits per heavy atom. The second kappa shape index (κ2) is 11.7. The number of alkyl halides is 3. The molecular formula is C12H23F3O2. The third-order valence-corrected chi connectivity index (χ3v) is 2.20. The van der Waals surface area contributed by atoms with Gasteiger partial charge < -0.3 is 5.11 Å². The largest absolute Gasteiger partial charge is 0.490 e. The molecule has 0 atom stereocenters. The molecule has 0 amide bonds. The van der Waals surface area contributed by atoms with Gasteiger partial charge >= 0.3 is 12.1 Å². The van der Waals surface area contributed by atoms with Crippen molar-refractivity contribution in [3.8, 4) is 0 Å². The molecule has 1 N–H and O–H groups in total. The second-order valence-corrected chi connectivity index (χ2v) is 3.92. The highest BCUT2D eigenvalue weighted by Crippen LogP contribution is 2.13. The predicted octanol–water partition coefficient (Wildman–Crippen LogP) is 4.78. The maximum absolute atomic E-state index is 10.6. The molecule has 0 rings (SSSR count). The fourth-order valence-electron chi connectivity index (χ4n) is 1.21. The van der Waals surface area contributed by atoms with Crippen molar-refractivity contribution in [2.45, 2.75) is 71.4 Å². The Bertz CT molecular complexity index is 171. The van der Waals surface area contributed by atoms with Gasteiger partial charge in [0.15, 0.2) is 0 Å². The van der Waals surface area contributed by atoms with Crippen LogP contribution >= 0.6 is 0 Å². The van der Waals surface area contributed by atoms with Crippen LogP contribution < -0.4 is 0 Å². The van der Waals surface area contributed by atoms with Crippen LogP contribution in [0.5, 0.6) is 0 Å². The minimum atomic E-state index is -5.08. The molecule has 0 aromatic heterocycles. The first kappa shape index (κ1) is 18.6. The molecule has 0 saturated carbocycles. The number of carboxylic acid groups (broad SMARTS) is 1. The van der Waals surface area contributed by atoms with Gasteiger partial charge in [-0.1, -0.05) is 65.2 Å². The molecule has 0 radical (unpaired) electrons. The summed E-state index contributed by atoms with van der Waals surface area (Å²) in [5, 5.41) is 7.12. The number of hydrogen-bond acceptors (Lipinski definition) is 1. The normalized spacial score (nSPS) is 10.6. The molecule has 0 bridgehead atoms. The monoisotopic (exact) mass is 256 g/mol. The van der Waals surface area contributed by atoms with E-state index >= 15 is 0 Å². The van der Waals surface area contributed by atoms with Crippen LogP contribution in [0.15, 0.2) is 0 Å². The van der Waals surface area contributed by atoms with Crippen LogP contribution in [-0.4, -0.2) is 17.3 Å². The van der Waals surface area contributed by atoms with Gasteiger partial charge in [-0.25, -0.2) is 4.79 Å². The lowest BCUT2D eigenvalue weighted by Gasteiger charge is -1.97. The highest BCUT2D eigenvalue weighted by atomic mass is 19.4. The van der Waals surface area contributed by atoms with Crippen LogP contribution in [0, 0.1) is 0 Å². The molecule has 104 valence electrons. The number of aliphatic carboxylic acids is 1. The number of rotatable bonds is 7. The molecule has 0 aromatic rings. The molecule has 0 aliphatic rings. The van der Waals surface area contributed by atoms with E-state index in [2.05, 4.69) is 13.8 Å². The molecular weight excluding hydrogens is 233 g/mol. The van der Waals surface area contributed by atoms with E-state index in [0.29, 0.717) is 0 Å². The Balaban J connectivity index is 0. The molecule has 2 nitrogen and oxygen atoms in total. The Labute approximate surface area is 101 Å². The van der Waals surface area contributed by atoms with Gasteiger partial charge in [0.05, 0.1) is 0 Å². The van der Waals surface area contributed by atoms with Crippen molar-refractivity contribution >= 4 is 5.97 Å². The molecule has 5 heteroatoms. The zero-order valence-corrected chi connectivity index (χ0v) is 10.6. The number of hydrogen-bond donors (Lipinski definition) is 1. The minimum Gasteiger partial charge on any atom is -0.475 e. The first-order chi connectivity index (χ1) is 7.86. The summed E-state index contributed by atoms with van der Waals surface area (Å²) in [7, 11) is 0. The van der Waals surface area contributed by atoms with Gasteiger partial charge in [0.25, 0.3) is 0 Å².